The van der Waals surface area contributed by atoms with Gasteiger partial charge in [0.1, 0.15) is 5.69 Å². The minimum Gasteiger partial charge on any atom is -0.329 e. The quantitative estimate of drug-likeness (QED) is 0.763. The van der Waals surface area contributed by atoms with Crippen LogP contribution < -0.4 is 5.56 Å². The minimum absolute atomic E-state index is 0.0474. The second-order valence-corrected chi connectivity index (χ2v) is 6.53. The van der Waals surface area contributed by atoms with Gasteiger partial charge in [0.15, 0.2) is 5.65 Å². The van der Waals surface area contributed by atoms with Gasteiger partial charge in [0.05, 0.1) is 11.7 Å². The van der Waals surface area contributed by atoms with Gasteiger partial charge in [-0.25, -0.2) is 9.50 Å². The van der Waals surface area contributed by atoms with Crippen LogP contribution in [0.3, 0.4) is 0 Å². The number of H-pyrrole nitrogens is 1. The number of aryl methyl sites for hydroxylation is 2. The number of carbonyl (C=O) groups excluding carboxylic acids is 1. The number of rotatable bonds is 2. The Morgan fingerprint density at radius 3 is 2.88 bits per heavy atom. The standard InChI is InChI=1S/C17H20N6O2/c1-10-11(2)19-15-9-12(20-23(15)16(10)24)13-5-4-8-22(13)17(25)14-6-7-18-21(14)3/h6-7,9,13,20H,4-5,8H2,1-3H3. The van der Waals surface area contributed by atoms with E-state index < -0.39 is 0 Å². The monoisotopic (exact) mass is 340 g/mol. The largest absolute Gasteiger partial charge is 0.329 e. The second kappa shape index (κ2) is 5.58. The molecule has 0 spiro atoms. The van der Waals surface area contributed by atoms with E-state index in [0.717, 1.165) is 24.2 Å². The van der Waals surface area contributed by atoms with Crippen molar-refractivity contribution in [2.75, 3.05) is 6.54 Å². The van der Waals surface area contributed by atoms with E-state index in [4.69, 9.17) is 0 Å². The van der Waals surface area contributed by atoms with Gasteiger partial charge in [-0.1, -0.05) is 0 Å². The molecule has 1 saturated heterocycles. The number of aromatic nitrogens is 5. The maximum Gasteiger partial charge on any atom is 0.275 e. The molecule has 1 fully saturated rings. The molecule has 1 aliphatic heterocycles. The number of hydrogen-bond acceptors (Lipinski definition) is 4. The van der Waals surface area contributed by atoms with Gasteiger partial charge in [-0.05, 0) is 32.8 Å². The van der Waals surface area contributed by atoms with Crippen molar-refractivity contribution in [1.29, 1.82) is 0 Å². The van der Waals surface area contributed by atoms with Crippen molar-refractivity contribution in [3.05, 3.63) is 51.3 Å². The normalized spacial score (nSPS) is 17.6. The van der Waals surface area contributed by atoms with Crippen LogP contribution in [0, 0.1) is 13.8 Å². The number of hydrogen-bond donors (Lipinski definition) is 1. The molecule has 0 aromatic carbocycles. The molecule has 1 unspecified atom stereocenters. The Labute approximate surface area is 144 Å². The predicted molar refractivity (Wildman–Crippen MR) is 91.5 cm³/mol. The summed E-state index contributed by atoms with van der Waals surface area (Å²) in [6.07, 6.45) is 3.39. The highest BCUT2D eigenvalue weighted by molar-refractivity contribution is 5.93. The molecule has 4 rings (SSSR count). The van der Waals surface area contributed by atoms with Gasteiger partial charge in [-0.15, -0.1) is 0 Å². The number of carbonyl (C=O) groups is 1. The summed E-state index contributed by atoms with van der Waals surface area (Å²) in [6, 6.07) is 3.50. The van der Waals surface area contributed by atoms with Crippen LogP contribution in [0.5, 0.6) is 0 Å². The first-order valence-electron chi connectivity index (χ1n) is 8.35. The van der Waals surface area contributed by atoms with E-state index in [1.165, 1.54) is 4.52 Å². The molecular formula is C17H20N6O2. The predicted octanol–water partition coefficient (Wildman–Crippen LogP) is 1.35. The molecule has 4 heterocycles. The molecule has 8 nitrogen and oxygen atoms in total. The summed E-state index contributed by atoms with van der Waals surface area (Å²) in [5.74, 6) is -0.0474. The van der Waals surface area contributed by atoms with Gasteiger partial charge >= 0.3 is 0 Å². The summed E-state index contributed by atoms with van der Waals surface area (Å²) >= 11 is 0. The second-order valence-electron chi connectivity index (χ2n) is 6.53. The van der Waals surface area contributed by atoms with Gasteiger partial charge in [0.2, 0.25) is 0 Å². The van der Waals surface area contributed by atoms with E-state index in [-0.39, 0.29) is 17.5 Å². The Bertz CT molecular complexity index is 1030. The molecule has 0 radical (unpaired) electrons. The Kier molecular flexibility index (Phi) is 3.48. The lowest BCUT2D eigenvalue weighted by Crippen LogP contribution is -2.32. The van der Waals surface area contributed by atoms with Crippen molar-refractivity contribution in [2.24, 2.45) is 7.05 Å². The van der Waals surface area contributed by atoms with Gasteiger partial charge in [0.25, 0.3) is 11.5 Å². The highest BCUT2D eigenvalue weighted by atomic mass is 16.2. The SMILES string of the molecule is Cc1nc2cc(C3CCCN3C(=O)c3ccnn3C)[nH]n2c(=O)c1C. The fourth-order valence-corrected chi connectivity index (χ4v) is 3.47. The van der Waals surface area contributed by atoms with E-state index >= 15 is 0 Å². The average molecular weight is 340 g/mol. The van der Waals surface area contributed by atoms with E-state index in [2.05, 4.69) is 15.2 Å². The van der Waals surface area contributed by atoms with Crippen LogP contribution in [0.15, 0.2) is 23.1 Å². The molecule has 1 aliphatic rings. The summed E-state index contributed by atoms with van der Waals surface area (Å²) in [5, 5.41) is 7.22. The Morgan fingerprint density at radius 2 is 2.16 bits per heavy atom. The zero-order valence-electron chi connectivity index (χ0n) is 14.5. The molecule has 1 N–H and O–H groups in total. The third kappa shape index (κ3) is 2.36. The highest BCUT2D eigenvalue weighted by Crippen LogP contribution is 2.32. The fraction of sp³-hybridized carbons (Fsp3) is 0.412. The van der Waals surface area contributed by atoms with Crippen molar-refractivity contribution in [2.45, 2.75) is 32.7 Å². The molecule has 3 aromatic heterocycles. The molecule has 130 valence electrons. The average Bonchev–Trinajstić information content (AvgIpc) is 3.30. The maximum absolute atomic E-state index is 12.9. The smallest absolute Gasteiger partial charge is 0.275 e. The molecule has 0 aliphatic carbocycles. The number of nitrogens with zero attached hydrogens (tertiary/aromatic N) is 5. The molecule has 8 heteroatoms. The Hall–Kier alpha value is -2.90. The van der Waals surface area contributed by atoms with Gasteiger partial charge < -0.3 is 4.90 Å². The number of fused-ring (bicyclic) bond motifs is 1. The number of nitrogens with one attached hydrogen (secondary N) is 1. The summed E-state index contributed by atoms with van der Waals surface area (Å²) < 4.78 is 3.05. The lowest BCUT2D eigenvalue weighted by atomic mass is 10.1. The van der Waals surface area contributed by atoms with E-state index in [0.29, 0.717) is 23.4 Å². The molecular weight excluding hydrogens is 320 g/mol. The molecule has 0 bridgehead atoms. The van der Waals surface area contributed by atoms with Crippen LogP contribution in [0.1, 0.15) is 46.3 Å². The molecule has 1 amide bonds. The summed E-state index contributed by atoms with van der Waals surface area (Å²) in [5.41, 5.74) is 3.23. The first-order valence-corrected chi connectivity index (χ1v) is 8.35. The van der Waals surface area contributed by atoms with Crippen LogP contribution >= 0.6 is 0 Å². The van der Waals surface area contributed by atoms with Crippen molar-refractivity contribution in [3.63, 3.8) is 0 Å². The van der Waals surface area contributed by atoms with Crippen molar-refractivity contribution < 1.29 is 4.79 Å². The van der Waals surface area contributed by atoms with Crippen LogP contribution in [0.25, 0.3) is 5.65 Å². The number of likely N-dealkylation sites (tertiary alicyclic amines) is 1. The molecule has 0 saturated carbocycles. The van der Waals surface area contributed by atoms with Crippen molar-refractivity contribution in [1.82, 2.24) is 29.3 Å². The third-order valence-corrected chi connectivity index (χ3v) is 5.02. The first kappa shape index (κ1) is 15.6. The van der Waals surface area contributed by atoms with E-state index in [9.17, 15) is 9.59 Å². The lowest BCUT2D eigenvalue weighted by molar-refractivity contribution is 0.0721. The van der Waals surface area contributed by atoms with E-state index in [1.807, 2.05) is 17.9 Å². The van der Waals surface area contributed by atoms with E-state index in [1.54, 1.807) is 30.9 Å². The zero-order valence-corrected chi connectivity index (χ0v) is 14.5. The summed E-state index contributed by atoms with van der Waals surface area (Å²) in [4.78, 5) is 31.6. The third-order valence-electron chi connectivity index (χ3n) is 5.02. The van der Waals surface area contributed by atoms with Crippen molar-refractivity contribution in [3.8, 4) is 0 Å². The topological polar surface area (TPSA) is 88.3 Å². The lowest BCUT2D eigenvalue weighted by Gasteiger charge is -2.23. The van der Waals surface area contributed by atoms with Crippen molar-refractivity contribution >= 4 is 11.6 Å². The molecule has 1 atom stereocenters. The zero-order chi connectivity index (χ0) is 17.7. The van der Waals surface area contributed by atoms with Gasteiger partial charge in [-0.3, -0.25) is 19.4 Å². The highest BCUT2D eigenvalue weighted by Gasteiger charge is 2.33. The first-order chi connectivity index (χ1) is 12.0. The van der Waals surface area contributed by atoms with Crippen LogP contribution in [0.2, 0.25) is 0 Å². The Balaban J connectivity index is 1.75. The molecule has 3 aromatic rings. The number of aromatic amines is 1. The fourth-order valence-electron chi connectivity index (χ4n) is 3.47. The van der Waals surface area contributed by atoms with Crippen LogP contribution in [-0.4, -0.2) is 41.7 Å². The number of amides is 1. The Morgan fingerprint density at radius 1 is 1.36 bits per heavy atom. The van der Waals surface area contributed by atoms with Gasteiger partial charge in [0, 0.05) is 37.1 Å². The summed E-state index contributed by atoms with van der Waals surface area (Å²) in [7, 11) is 1.76. The van der Waals surface area contributed by atoms with Crippen LogP contribution in [-0.2, 0) is 7.05 Å². The maximum atomic E-state index is 12.9. The minimum atomic E-state index is -0.101. The summed E-state index contributed by atoms with van der Waals surface area (Å²) in [6.45, 7) is 4.28. The van der Waals surface area contributed by atoms with Gasteiger partial charge in [-0.2, -0.15) is 5.10 Å². The van der Waals surface area contributed by atoms with Crippen LogP contribution in [0.4, 0.5) is 0 Å². The molecule has 25 heavy (non-hydrogen) atoms.